The van der Waals surface area contributed by atoms with Crippen LogP contribution in [0.15, 0.2) is 24.3 Å². The third-order valence-electron chi connectivity index (χ3n) is 5.05. The minimum Gasteiger partial charge on any atom is -0.339 e. The highest BCUT2D eigenvalue weighted by atomic mass is 35.5. The minimum absolute atomic E-state index is 0. The fourth-order valence-corrected chi connectivity index (χ4v) is 3.24. The molecule has 0 radical (unpaired) electrons. The molecule has 3 rings (SSSR count). The zero-order chi connectivity index (χ0) is 16.9. The van der Waals surface area contributed by atoms with Gasteiger partial charge in [0.2, 0.25) is 5.91 Å². The van der Waals surface area contributed by atoms with Gasteiger partial charge in [-0.15, -0.1) is 12.4 Å². The minimum atomic E-state index is 0. The van der Waals surface area contributed by atoms with Crippen molar-refractivity contribution in [3.8, 4) is 0 Å². The molecular formula is C19H28ClN3O2. The average molecular weight is 366 g/mol. The first-order chi connectivity index (χ1) is 11.7. The molecule has 0 aromatic heterocycles. The molecule has 5 nitrogen and oxygen atoms in total. The van der Waals surface area contributed by atoms with Crippen molar-refractivity contribution in [3.05, 3.63) is 29.8 Å². The summed E-state index contributed by atoms with van der Waals surface area (Å²) < 4.78 is 0. The second kappa shape index (κ2) is 9.20. The normalized spacial score (nSPS) is 17.7. The number of benzene rings is 1. The van der Waals surface area contributed by atoms with Gasteiger partial charge in [-0.1, -0.05) is 0 Å². The maximum Gasteiger partial charge on any atom is 0.253 e. The zero-order valence-electron chi connectivity index (χ0n) is 14.8. The van der Waals surface area contributed by atoms with Crippen molar-refractivity contribution >= 4 is 29.9 Å². The molecule has 1 heterocycles. The Hall–Kier alpha value is -1.59. The Kier molecular flexibility index (Phi) is 7.26. The summed E-state index contributed by atoms with van der Waals surface area (Å²) in [4.78, 5) is 26.3. The molecule has 2 aliphatic rings. The van der Waals surface area contributed by atoms with Gasteiger partial charge in [0.15, 0.2) is 0 Å². The van der Waals surface area contributed by atoms with Crippen LogP contribution in [-0.4, -0.2) is 43.4 Å². The molecule has 0 spiro atoms. The number of hydrogen-bond acceptors (Lipinski definition) is 3. The Balaban J connectivity index is 0.00000225. The third kappa shape index (κ3) is 5.44. The van der Waals surface area contributed by atoms with Crippen LogP contribution in [0, 0.1) is 11.8 Å². The summed E-state index contributed by atoms with van der Waals surface area (Å²) in [6.45, 7) is 2.73. The largest absolute Gasteiger partial charge is 0.339 e. The van der Waals surface area contributed by atoms with E-state index in [2.05, 4.69) is 10.6 Å². The van der Waals surface area contributed by atoms with E-state index < -0.39 is 0 Å². The van der Waals surface area contributed by atoms with E-state index in [9.17, 15) is 9.59 Å². The standard InChI is InChI=1S/C19H27N3O2.ClH/c1-20-11-8-14-9-12-22(13-10-14)19(24)16-4-6-17(7-5-16)21-18(23)15-2-3-15;/h4-7,14-15,20H,2-3,8-13H2,1H3,(H,21,23);1H. The summed E-state index contributed by atoms with van der Waals surface area (Å²) in [6.07, 6.45) is 5.35. The smallest absolute Gasteiger partial charge is 0.253 e. The number of nitrogens with one attached hydrogen (secondary N) is 2. The molecular weight excluding hydrogens is 338 g/mol. The number of carbonyl (C=O) groups is 2. The number of piperidine rings is 1. The monoisotopic (exact) mass is 365 g/mol. The fraction of sp³-hybridized carbons (Fsp3) is 0.579. The number of likely N-dealkylation sites (tertiary alicyclic amines) is 1. The summed E-state index contributed by atoms with van der Waals surface area (Å²) in [5.41, 5.74) is 1.47. The molecule has 1 aromatic carbocycles. The molecule has 1 saturated carbocycles. The van der Waals surface area contributed by atoms with Gasteiger partial charge < -0.3 is 15.5 Å². The Morgan fingerprint density at radius 2 is 1.72 bits per heavy atom. The molecule has 2 fully saturated rings. The molecule has 0 bridgehead atoms. The summed E-state index contributed by atoms with van der Waals surface area (Å²) in [7, 11) is 1.98. The first-order valence-corrected chi connectivity index (χ1v) is 9.02. The van der Waals surface area contributed by atoms with Gasteiger partial charge in [0.25, 0.3) is 5.91 Å². The van der Waals surface area contributed by atoms with E-state index in [4.69, 9.17) is 0 Å². The Morgan fingerprint density at radius 3 is 2.28 bits per heavy atom. The van der Waals surface area contributed by atoms with E-state index in [-0.39, 0.29) is 30.1 Å². The number of anilines is 1. The Bertz CT molecular complexity index is 579. The molecule has 0 unspecified atom stereocenters. The lowest BCUT2D eigenvalue weighted by Gasteiger charge is -2.32. The molecule has 2 N–H and O–H groups in total. The zero-order valence-corrected chi connectivity index (χ0v) is 15.6. The second-order valence-corrected chi connectivity index (χ2v) is 6.97. The fourth-order valence-electron chi connectivity index (χ4n) is 3.24. The molecule has 138 valence electrons. The molecule has 0 atom stereocenters. The van der Waals surface area contributed by atoms with Crippen LogP contribution in [0.1, 0.15) is 42.5 Å². The van der Waals surface area contributed by atoms with Crippen LogP contribution in [-0.2, 0) is 4.79 Å². The number of hydrogen-bond donors (Lipinski definition) is 2. The first kappa shape index (κ1) is 19.7. The van der Waals surface area contributed by atoms with E-state index in [0.717, 1.165) is 56.9 Å². The van der Waals surface area contributed by atoms with Gasteiger partial charge >= 0.3 is 0 Å². The lowest BCUT2D eigenvalue weighted by atomic mass is 9.93. The molecule has 1 saturated heterocycles. The SMILES string of the molecule is CNCCC1CCN(C(=O)c2ccc(NC(=O)C3CC3)cc2)CC1.Cl. The van der Waals surface area contributed by atoms with E-state index in [0.29, 0.717) is 5.56 Å². The number of amides is 2. The van der Waals surface area contributed by atoms with Gasteiger partial charge in [0.1, 0.15) is 0 Å². The van der Waals surface area contributed by atoms with Crippen molar-refractivity contribution in [1.29, 1.82) is 0 Å². The second-order valence-electron chi connectivity index (χ2n) is 6.97. The Morgan fingerprint density at radius 1 is 1.08 bits per heavy atom. The number of rotatable bonds is 6. The van der Waals surface area contributed by atoms with Crippen molar-refractivity contribution in [2.75, 3.05) is 32.0 Å². The molecule has 1 aromatic rings. The van der Waals surface area contributed by atoms with Crippen LogP contribution in [0.5, 0.6) is 0 Å². The molecule has 1 aliphatic heterocycles. The number of halogens is 1. The average Bonchev–Trinajstić information content (AvgIpc) is 3.46. The van der Waals surface area contributed by atoms with Crippen LogP contribution in [0.3, 0.4) is 0 Å². The van der Waals surface area contributed by atoms with Crippen molar-refractivity contribution in [1.82, 2.24) is 10.2 Å². The molecule has 1 aliphatic carbocycles. The predicted molar refractivity (Wildman–Crippen MR) is 102 cm³/mol. The van der Waals surface area contributed by atoms with Crippen molar-refractivity contribution < 1.29 is 9.59 Å². The lowest BCUT2D eigenvalue weighted by molar-refractivity contribution is -0.117. The molecule has 2 amide bonds. The lowest BCUT2D eigenvalue weighted by Crippen LogP contribution is -2.38. The van der Waals surface area contributed by atoms with Crippen molar-refractivity contribution in [2.24, 2.45) is 11.8 Å². The van der Waals surface area contributed by atoms with E-state index in [1.165, 1.54) is 6.42 Å². The summed E-state index contributed by atoms with van der Waals surface area (Å²) in [5.74, 6) is 1.11. The van der Waals surface area contributed by atoms with Gasteiger partial charge in [-0.25, -0.2) is 0 Å². The van der Waals surface area contributed by atoms with Gasteiger partial charge in [-0.2, -0.15) is 0 Å². The van der Waals surface area contributed by atoms with Crippen LogP contribution < -0.4 is 10.6 Å². The van der Waals surface area contributed by atoms with Crippen molar-refractivity contribution in [3.63, 3.8) is 0 Å². The quantitative estimate of drug-likeness (QED) is 0.814. The predicted octanol–water partition coefficient (Wildman–Crippen LogP) is 2.92. The molecule has 25 heavy (non-hydrogen) atoms. The van der Waals surface area contributed by atoms with Gasteiger partial charge in [0, 0.05) is 30.3 Å². The van der Waals surface area contributed by atoms with E-state index >= 15 is 0 Å². The Labute approximate surface area is 155 Å². The maximum atomic E-state index is 12.6. The summed E-state index contributed by atoms with van der Waals surface area (Å²) >= 11 is 0. The molecule has 6 heteroatoms. The number of carbonyl (C=O) groups excluding carboxylic acids is 2. The topological polar surface area (TPSA) is 61.4 Å². The van der Waals surface area contributed by atoms with Crippen molar-refractivity contribution in [2.45, 2.75) is 32.1 Å². The summed E-state index contributed by atoms with van der Waals surface area (Å²) in [5, 5.41) is 6.10. The highest BCUT2D eigenvalue weighted by Crippen LogP contribution is 2.30. The van der Waals surface area contributed by atoms with Crippen LogP contribution in [0.2, 0.25) is 0 Å². The first-order valence-electron chi connectivity index (χ1n) is 9.02. The van der Waals surface area contributed by atoms with Crippen LogP contribution in [0.4, 0.5) is 5.69 Å². The van der Waals surface area contributed by atoms with Crippen LogP contribution in [0.25, 0.3) is 0 Å². The summed E-state index contributed by atoms with van der Waals surface area (Å²) in [6, 6.07) is 7.29. The highest BCUT2D eigenvalue weighted by Gasteiger charge is 2.29. The van der Waals surface area contributed by atoms with Gasteiger partial charge in [-0.05, 0) is 75.9 Å². The van der Waals surface area contributed by atoms with Gasteiger partial charge in [0.05, 0.1) is 0 Å². The number of nitrogens with zero attached hydrogens (tertiary/aromatic N) is 1. The highest BCUT2D eigenvalue weighted by molar-refractivity contribution is 5.96. The third-order valence-corrected chi connectivity index (χ3v) is 5.05. The maximum absolute atomic E-state index is 12.6. The van der Waals surface area contributed by atoms with E-state index in [1.54, 1.807) is 0 Å². The van der Waals surface area contributed by atoms with E-state index in [1.807, 2.05) is 36.2 Å². The van der Waals surface area contributed by atoms with Gasteiger partial charge in [-0.3, -0.25) is 9.59 Å². The van der Waals surface area contributed by atoms with Crippen LogP contribution >= 0.6 is 12.4 Å².